The lowest BCUT2D eigenvalue weighted by Gasteiger charge is -2.32. The van der Waals surface area contributed by atoms with Crippen molar-refractivity contribution >= 4 is 21.8 Å². The number of nitrogens with zero attached hydrogens (tertiary/aromatic N) is 3. The van der Waals surface area contributed by atoms with Crippen LogP contribution in [-0.4, -0.2) is 50.1 Å². The van der Waals surface area contributed by atoms with Gasteiger partial charge in [0.1, 0.15) is 0 Å². The van der Waals surface area contributed by atoms with Crippen molar-refractivity contribution in [2.24, 2.45) is 5.92 Å². The second-order valence-corrected chi connectivity index (χ2v) is 8.13. The van der Waals surface area contributed by atoms with Gasteiger partial charge in [0.05, 0.1) is 12.5 Å². The Balaban J connectivity index is 1.90. The fourth-order valence-corrected chi connectivity index (χ4v) is 3.76. The number of benzene rings is 1. The SMILES string of the molecule is CN(C)S(=O)(=O)N1CCC(C(=O)Nc2ccc(CC#N)cc2)CC1. The molecule has 1 aliphatic rings. The van der Waals surface area contributed by atoms with Gasteiger partial charge < -0.3 is 5.32 Å². The first-order valence-electron chi connectivity index (χ1n) is 7.79. The largest absolute Gasteiger partial charge is 0.326 e. The summed E-state index contributed by atoms with van der Waals surface area (Å²) in [6.07, 6.45) is 1.35. The van der Waals surface area contributed by atoms with Crippen LogP contribution in [0.5, 0.6) is 0 Å². The molecule has 0 aliphatic carbocycles. The van der Waals surface area contributed by atoms with Crippen LogP contribution in [0.4, 0.5) is 5.69 Å². The molecular formula is C16H22N4O3S. The summed E-state index contributed by atoms with van der Waals surface area (Å²) in [5.74, 6) is -0.290. The van der Waals surface area contributed by atoms with Crippen molar-refractivity contribution in [3.05, 3.63) is 29.8 Å². The Kier molecular flexibility index (Phi) is 5.94. The first-order valence-corrected chi connectivity index (χ1v) is 9.18. The number of nitriles is 1. The van der Waals surface area contributed by atoms with E-state index >= 15 is 0 Å². The number of hydrogen-bond donors (Lipinski definition) is 1. The molecule has 7 nitrogen and oxygen atoms in total. The predicted molar refractivity (Wildman–Crippen MR) is 91.3 cm³/mol. The van der Waals surface area contributed by atoms with E-state index in [0.717, 1.165) is 5.56 Å². The van der Waals surface area contributed by atoms with Crippen LogP contribution in [0.2, 0.25) is 0 Å². The van der Waals surface area contributed by atoms with Crippen LogP contribution in [-0.2, 0) is 21.4 Å². The molecule has 130 valence electrons. The molecule has 1 N–H and O–H groups in total. The lowest BCUT2D eigenvalue weighted by Crippen LogP contribution is -2.46. The van der Waals surface area contributed by atoms with E-state index in [-0.39, 0.29) is 11.8 Å². The zero-order valence-corrected chi connectivity index (χ0v) is 14.7. The molecule has 0 unspecified atom stereocenters. The van der Waals surface area contributed by atoms with E-state index in [2.05, 4.69) is 11.4 Å². The molecule has 0 saturated carbocycles. The van der Waals surface area contributed by atoms with Crippen molar-refractivity contribution in [2.75, 3.05) is 32.5 Å². The minimum absolute atomic E-state index is 0.0927. The van der Waals surface area contributed by atoms with Gasteiger partial charge in [0.2, 0.25) is 5.91 Å². The van der Waals surface area contributed by atoms with Crippen molar-refractivity contribution in [1.82, 2.24) is 8.61 Å². The molecule has 2 rings (SSSR count). The number of piperidine rings is 1. The standard InChI is InChI=1S/C16H22N4O3S/c1-19(2)24(22,23)20-11-8-14(9-12-20)16(21)18-15-5-3-13(4-6-15)7-10-17/h3-6,14H,7-9,11-12H2,1-2H3,(H,18,21). The highest BCUT2D eigenvalue weighted by molar-refractivity contribution is 7.86. The third-order valence-corrected chi connectivity index (χ3v) is 6.06. The third-order valence-electron chi connectivity index (χ3n) is 4.12. The van der Waals surface area contributed by atoms with Gasteiger partial charge in [-0.15, -0.1) is 0 Å². The number of rotatable bonds is 5. The summed E-state index contributed by atoms with van der Waals surface area (Å²) in [7, 11) is -0.401. The Morgan fingerprint density at radius 1 is 1.29 bits per heavy atom. The van der Waals surface area contributed by atoms with E-state index in [9.17, 15) is 13.2 Å². The second-order valence-electron chi connectivity index (χ2n) is 5.98. The Bertz CT molecular complexity index is 715. The van der Waals surface area contributed by atoms with E-state index in [1.54, 1.807) is 12.1 Å². The topological polar surface area (TPSA) is 93.5 Å². The van der Waals surface area contributed by atoms with Crippen LogP contribution in [0.1, 0.15) is 18.4 Å². The number of anilines is 1. The molecule has 0 atom stereocenters. The van der Waals surface area contributed by atoms with Gasteiger partial charge in [-0.1, -0.05) is 12.1 Å². The lowest BCUT2D eigenvalue weighted by molar-refractivity contribution is -0.120. The fraction of sp³-hybridized carbons (Fsp3) is 0.500. The third kappa shape index (κ3) is 4.32. The van der Waals surface area contributed by atoms with Gasteiger partial charge in [-0.25, -0.2) is 0 Å². The van der Waals surface area contributed by atoms with E-state index in [4.69, 9.17) is 5.26 Å². The van der Waals surface area contributed by atoms with Gasteiger partial charge in [0, 0.05) is 38.8 Å². The summed E-state index contributed by atoms with van der Waals surface area (Å²) in [5, 5.41) is 11.5. The number of carbonyl (C=O) groups excluding carboxylic acids is 1. The Morgan fingerprint density at radius 2 is 1.88 bits per heavy atom. The molecule has 0 bridgehead atoms. The highest BCUT2D eigenvalue weighted by Gasteiger charge is 2.32. The zero-order valence-electron chi connectivity index (χ0n) is 13.9. The quantitative estimate of drug-likeness (QED) is 0.864. The van der Waals surface area contributed by atoms with Gasteiger partial charge in [-0.2, -0.15) is 22.3 Å². The second kappa shape index (κ2) is 7.75. The zero-order chi connectivity index (χ0) is 17.7. The summed E-state index contributed by atoms with van der Waals surface area (Å²) in [4.78, 5) is 12.3. The summed E-state index contributed by atoms with van der Waals surface area (Å²) in [5.41, 5.74) is 1.59. The van der Waals surface area contributed by atoms with Crippen LogP contribution >= 0.6 is 0 Å². The molecule has 0 radical (unpaired) electrons. The molecule has 8 heteroatoms. The molecule has 24 heavy (non-hydrogen) atoms. The minimum atomic E-state index is -3.41. The van der Waals surface area contributed by atoms with Crippen molar-refractivity contribution in [2.45, 2.75) is 19.3 Å². The maximum atomic E-state index is 12.3. The molecule has 1 saturated heterocycles. The van der Waals surface area contributed by atoms with E-state index < -0.39 is 10.2 Å². The summed E-state index contributed by atoms with van der Waals surface area (Å²) in [6.45, 7) is 0.694. The fourth-order valence-electron chi connectivity index (χ4n) is 2.62. The lowest BCUT2D eigenvalue weighted by atomic mass is 9.97. The number of amides is 1. The first kappa shape index (κ1) is 18.4. The Morgan fingerprint density at radius 3 is 2.38 bits per heavy atom. The maximum absolute atomic E-state index is 12.3. The number of carbonyl (C=O) groups is 1. The number of hydrogen-bond acceptors (Lipinski definition) is 4. The normalized spacial score (nSPS) is 16.8. The van der Waals surface area contributed by atoms with E-state index in [0.29, 0.717) is 38.0 Å². The van der Waals surface area contributed by atoms with Crippen LogP contribution in [0.25, 0.3) is 0 Å². The minimum Gasteiger partial charge on any atom is -0.326 e. The van der Waals surface area contributed by atoms with Crippen molar-refractivity contribution < 1.29 is 13.2 Å². The molecule has 1 amide bonds. The van der Waals surface area contributed by atoms with Gasteiger partial charge in [0.25, 0.3) is 10.2 Å². The van der Waals surface area contributed by atoms with Crippen LogP contribution in [0, 0.1) is 17.2 Å². The Labute approximate surface area is 143 Å². The monoisotopic (exact) mass is 350 g/mol. The molecule has 0 aromatic heterocycles. The molecule has 1 aromatic rings. The van der Waals surface area contributed by atoms with E-state index in [1.165, 1.54) is 22.7 Å². The van der Waals surface area contributed by atoms with Crippen LogP contribution in [0.3, 0.4) is 0 Å². The first-order chi connectivity index (χ1) is 11.3. The van der Waals surface area contributed by atoms with Gasteiger partial charge in [-0.05, 0) is 30.5 Å². The molecule has 1 aromatic carbocycles. The number of nitrogens with one attached hydrogen (secondary N) is 1. The molecular weight excluding hydrogens is 328 g/mol. The maximum Gasteiger partial charge on any atom is 0.281 e. The van der Waals surface area contributed by atoms with E-state index in [1.807, 2.05) is 12.1 Å². The highest BCUT2D eigenvalue weighted by atomic mass is 32.2. The van der Waals surface area contributed by atoms with Crippen LogP contribution in [0.15, 0.2) is 24.3 Å². The molecule has 1 fully saturated rings. The van der Waals surface area contributed by atoms with Gasteiger partial charge in [-0.3, -0.25) is 4.79 Å². The molecule has 1 aliphatic heterocycles. The molecule has 0 spiro atoms. The average molecular weight is 350 g/mol. The summed E-state index contributed by atoms with van der Waals surface area (Å²) < 4.78 is 26.7. The summed E-state index contributed by atoms with van der Waals surface area (Å²) in [6, 6.07) is 9.24. The van der Waals surface area contributed by atoms with Gasteiger partial charge in [0.15, 0.2) is 0 Å². The van der Waals surface area contributed by atoms with Gasteiger partial charge >= 0.3 is 0 Å². The van der Waals surface area contributed by atoms with Crippen molar-refractivity contribution in [3.8, 4) is 6.07 Å². The van der Waals surface area contributed by atoms with Crippen molar-refractivity contribution in [1.29, 1.82) is 5.26 Å². The highest BCUT2D eigenvalue weighted by Crippen LogP contribution is 2.22. The summed E-state index contributed by atoms with van der Waals surface area (Å²) >= 11 is 0. The van der Waals surface area contributed by atoms with Crippen molar-refractivity contribution in [3.63, 3.8) is 0 Å². The molecule has 1 heterocycles. The average Bonchev–Trinajstić information content (AvgIpc) is 2.57. The predicted octanol–water partition coefficient (Wildman–Crippen LogP) is 1.21. The van der Waals surface area contributed by atoms with Crippen LogP contribution < -0.4 is 5.32 Å². The smallest absolute Gasteiger partial charge is 0.281 e. The Hall–Kier alpha value is -1.95.